The number of ether oxygens (including phenoxy) is 1. The van der Waals surface area contributed by atoms with Gasteiger partial charge in [0.2, 0.25) is 5.91 Å². The Morgan fingerprint density at radius 1 is 1.10 bits per heavy atom. The molecular formula is C20H18F3N3O3. The van der Waals surface area contributed by atoms with Crippen molar-refractivity contribution in [2.75, 3.05) is 5.32 Å². The Balaban J connectivity index is 1.86. The number of aromatic nitrogens is 2. The van der Waals surface area contributed by atoms with E-state index in [2.05, 4.69) is 15.0 Å². The molecule has 0 bridgehead atoms. The molecule has 0 saturated carbocycles. The molecule has 1 amide bonds. The summed E-state index contributed by atoms with van der Waals surface area (Å²) in [5.74, 6) is -1.13. The third kappa shape index (κ3) is 4.74. The Kier molecular flexibility index (Phi) is 5.58. The summed E-state index contributed by atoms with van der Waals surface area (Å²) in [5.41, 5.74) is 0.451. The molecule has 0 saturated heterocycles. The van der Waals surface area contributed by atoms with Crippen LogP contribution >= 0.6 is 0 Å². The molecule has 0 aliphatic carbocycles. The van der Waals surface area contributed by atoms with Gasteiger partial charge in [0.15, 0.2) is 0 Å². The summed E-state index contributed by atoms with van der Waals surface area (Å²) in [6.07, 6.45) is -3.47. The predicted molar refractivity (Wildman–Crippen MR) is 102 cm³/mol. The topological polar surface area (TPSA) is 73.2 Å². The highest BCUT2D eigenvalue weighted by atomic mass is 19.4. The molecule has 6 nitrogen and oxygen atoms in total. The van der Waals surface area contributed by atoms with Gasteiger partial charge >= 0.3 is 6.36 Å². The number of hydrogen-bond donors (Lipinski definition) is 1. The molecule has 9 heteroatoms. The average molecular weight is 405 g/mol. The van der Waals surface area contributed by atoms with E-state index in [1.807, 2.05) is 0 Å². The van der Waals surface area contributed by atoms with E-state index in [4.69, 9.17) is 0 Å². The van der Waals surface area contributed by atoms with Gasteiger partial charge in [0, 0.05) is 5.69 Å². The molecule has 1 heterocycles. The van der Waals surface area contributed by atoms with Gasteiger partial charge in [-0.2, -0.15) is 0 Å². The van der Waals surface area contributed by atoms with Crippen LogP contribution in [0.3, 0.4) is 0 Å². The Labute approximate surface area is 163 Å². The van der Waals surface area contributed by atoms with E-state index in [1.54, 1.807) is 38.1 Å². The quantitative estimate of drug-likeness (QED) is 0.693. The number of rotatable bonds is 5. The summed E-state index contributed by atoms with van der Waals surface area (Å²) in [4.78, 5) is 29.9. The van der Waals surface area contributed by atoms with Gasteiger partial charge in [-0.3, -0.25) is 14.2 Å². The molecule has 1 N–H and O–H groups in total. The van der Waals surface area contributed by atoms with Crippen molar-refractivity contribution in [2.24, 2.45) is 5.92 Å². The van der Waals surface area contributed by atoms with Crippen molar-refractivity contribution < 1.29 is 22.7 Å². The summed E-state index contributed by atoms with van der Waals surface area (Å²) < 4.78 is 41.8. The Morgan fingerprint density at radius 2 is 1.76 bits per heavy atom. The van der Waals surface area contributed by atoms with Crippen molar-refractivity contribution in [2.45, 2.75) is 26.3 Å². The molecule has 152 valence electrons. The van der Waals surface area contributed by atoms with Gasteiger partial charge in [-0.1, -0.05) is 26.0 Å². The smallest absolute Gasteiger partial charge is 0.406 e. The largest absolute Gasteiger partial charge is 0.573 e. The number of fused-ring (bicyclic) bond motifs is 1. The van der Waals surface area contributed by atoms with Gasteiger partial charge in [-0.25, -0.2) is 4.98 Å². The molecule has 3 rings (SSSR count). The first-order valence-electron chi connectivity index (χ1n) is 8.78. The van der Waals surface area contributed by atoms with Crippen LogP contribution in [0.2, 0.25) is 0 Å². The van der Waals surface area contributed by atoms with Crippen LogP contribution in [0.1, 0.15) is 19.9 Å². The van der Waals surface area contributed by atoms with E-state index in [-0.39, 0.29) is 17.2 Å². The number of hydrogen-bond acceptors (Lipinski definition) is 4. The lowest BCUT2D eigenvalue weighted by Crippen LogP contribution is -2.36. The average Bonchev–Trinajstić information content (AvgIpc) is 2.64. The van der Waals surface area contributed by atoms with Crippen molar-refractivity contribution in [1.29, 1.82) is 0 Å². The van der Waals surface area contributed by atoms with E-state index in [9.17, 15) is 22.8 Å². The zero-order valence-corrected chi connectivity index (χ0v) is 15.6. The molecule has 0 aliphatic rings. The van der Waals surface area contributed by atoms with Crippen molar-refractivity contribution in [1.82, 2.24) is 9.55 Å². The number of anilines is 1. The second-order valence-electron chi connectivity index (χ2n) is 6.72. The number of nitrogens with one attached hydrogen (secondary N) is 1. The third-order valence-corrected chi connectivity index (χ3v) is 4.25. The van der Waals surface area contributed by atoms with E-state index < -0.39 is 24.1 Å². The van der Waals surface area contributed by atoms with E-state index in [0.29, 0.717) is 10.9 Å². The van der Waals surface area contributed by atoms with Crippen molar-refractivity contribution in [3.05, 3.63) is 65.2 Å². The monoisotopic (exact) mass is 405 g/mol. The summed E-state index contributed by atoms with van der Waals surface area (Å²) >= 11 is 0. The molecule has 29 heavy (non-hydrogen) atoms. The molecule has 2 aromatic carbocycles. The third-order valence-electron chi connectivity index (χ3n) is 4.25. The maximum absolute atomic E-state index is 12.8. The number of nitrogens with zero attached hydrogens (tertiary/aromatic N) is 2. The SMILES string of the molecule is CC(C)C(C(=O)Nc1ccc(OC(F)(F)F)cc1)n1cnc2ccccc2c1=O. The van der Waals surface area contributed by atoms with Gasteiger partial charge in [0.1, 0.15) is 11.8 Å². The second kappa shape index (κ2) is 7.94. The van der Waals surface area contributed by atoms with Gasteiger partial charge in [0.05, 0.1) is 17.2 Å². The van der Waals surface area contributed by atoms with Crippen LogP contribution in [0, 0.1) is 5.92 Å². The van der Waals surface area contributed by atoms with Crippen LogP contribution in [0.4, 0.5) is 18.9 Å². The molecule has 0 radical (unpaired) electrons. The maximum Gasteiger partial charge on any atom is 0.573 e. The molecule has 3 aromatic rings. The number of carbonyl (C=O) groups is 1. The number of benzene rings is 2. The summed E-state index contributed by atoms with van der Waals surface area (Å²) in [6, 6.07) is 10.7. The molecule has 1 atom stereocenters. The molecular weight excluding hydrogens is 387 g/mol. The summed E-state index contributed by atoms with van der Waals surface area (Å²) in [7, 11) is 0. The number of amides is 1. The minimum Gasteiger partial charge on any atom is -0.406 e. The van der Waals surface area contributed by atoms with E-state index in [1.165, 1.54) is 23.0 Å². The van der Waals surface area contributed by atoms with Crippen molar-refractivity contribution >= 4 is 22.5 Å². The van der Waals surface area contributed by atoms with Gasteiger partial charge < -0.3 is 10.1 Å². The summed E-state index contributed by atoms with van der Waals surface area (Å²) in [6.45, 7) is 3.57. The lowest BCUT2D eigenvalue weighted by molar-refractivity contribution is -0.274. The molecule has 1 aromatic heterocycles. The van der Waals surface area contributed by atoms with Crippen LogP contribution in [-0.2, 0) is 4.79 Å². The first-order valence-corrected chi connectivity index (χ1v) is 8.78. The lowest BCUT2D eigenvalue weighted by atomic mass is 10.0. The normalized spacial score (nSPS) is 12.8. The second-order valence-corrected chi connectivity index (χ2v) is 6.72. The van der Waals surface area contributed by atoms with E-state index >= 15 is 0 Å². The van der Waals surface area contributed by atoms with Crippen molar-refractivity contribution in [3.63, 3.8) is 0 Å². The number of halogens is 3. The van der Waals surface area contributed by atoms with Gasteiger partial charge in [0.25, 0.3) is 5.56 Å². The number of alkyl halides is 3. The molecule has 0 aliphatic heterocycles. The van der Waals surface area contributed by atoms with Crippen molar-refractivity contribution in [3.8, 4) is 5.75 Å². The molecule has 0 fully saturated rings. The zero-order chi connectivity index (χ0) is 21.2. The Bertz CT molecular complexity index is 1080. The minimum atomic E-state index is -4.79. The van der Waals surface area contributed by atoms with Crippen LogP contribution in [0.15, 0.2) is 59.7 Å². The highest BCUT2D eigenvalue weighted by molar-refractivity contribution is 5.94. The Hall–Kier alpha value is -3.36. The van der Waals surface area contributed by atoms with E-state index in [0.717, 1.165) is 12.1 Å². The highest BCUT2D eigenvalue weighted by Crippen LogP contribution is 2.25. The number of para-hydroxylation sites is 1. The highest BCUT2D eigenvalue weighted by Gasteiger charge is 2.31. The number of carbonyl (C=O) groups excluding carboxylic acids is 1. The lowest BCUT2D eigenvalue weighted by Gasteiger charge is -2.22. The molecule has 0 spiro atoms. The van der Waals surface area contributed by atoms with Crippen LogP contribution in [0.5, 0.6) is 5.75 Å². The first kappa shape index (κ1) is 20.4. The predicted octanol–water partition coefficient (Wildman–Crippen LogP) is 4.13. The first-order chi connectivity index (χ1) is 13.7. The van der Waals surface area contributed by atoms with Crippen LogP contribution in [-0.4, -0.2) is 21.8 Å². The van der Waals surface area contributed by atoms with Gasteiger partial charge in [-0.15, -0.1) is 13.2 Å². The maximum atomic E-state index is 12.8. The molecule has 1 unspecified atom stereocenters. The fraction of sp³-hybridized carbons (Fsp3) is 0.250. The van der Waals surface area contributed by atoms with Gasteiger partial charge in [-0.05, 0) is 42.3 Å². The van der Waals surface area contributed by atoms with Crippen LogP contribution in [0.25, 0.3) is 10.9 Å². The summed E-state index contributed by atoms with van der Waals surface area (Å²) in [5, 5.41) is 3.01. The fourth-order valence-corrected chi connectivity index (χ4v) is 2.99. The minimum absolute atomic E-state index is 0.247. The van der Waals surface area contributed by atoms with Crippen LogP contribution < -0.4 is 15.6 Å². The fourth-order valence-electron chi connectivity index (χ4n) is 2.99. The zero-order valence-electron chi connectivity index (χ0n) is 15.6. The Morgan fingerprint density at radius 3 is 2.38 bits per heavy atom. The standard InChI is InChI=1S/C20H18F3N3O3/c1-12(2)17(26-11-24-16-6-4-3-5-15(16)19(26)28)18(27)25-13-7-9-14(10-8-13)29-20(21,22)23/h3-12,17H,1-2H3,(H,25,27).